The number of carbonyl (C=O) groups is 2. The highest BCUT2D eigenvalue weighted by Crippen LogP contribution is 2.56. The monoisotopic (exact) mass is 469 g/mol. The molecule has 9 heteroatoms. The molecule has 166 valence electrons. The van der Waals surface area contributed by atoms with Crippen molar-refractivity contribution in [3.05, 3.63) is 75.8 Å². The Bertz CT molecular complexity index is 1090. The minimum absolute atomic E-state index is 0.00159. The molecule has 0 aliphatic carbocycles. The van der Waals surface area contributed by atoms with Gasteiger partial charge < -0.3 is 4.90 Å². The van der Waals surface area contributed by atoms with Crippen LogP contribution in [-0.2, 0) is 15.3 Å². The number of rotatable bonds is 6. The van der Waals surface area contributed by atoms with Crippen molar-refractivity contribution in [3.8, 4) is 0 Å². The van der Waals surface area contributed by atoms with Crippen LogP contribution in [0.25, 0.3) is 0 Å². The molecule has 2 aliphatic rings. The number of β-lactam (4-membered cyclic amide) rings is 1. The number of fused-ring (bicyclic) bond motifs is 1. The molecular formula is C23H23N3O4S2. The number of nitrogens with zero attached hydrogens (tertiary/aromatic N) is 3. The van der Waals surface area contributed by atoms with Gasteiger partial charge in [-0.1, -0.05) is 42.1 Å². The van der Waals surface area contributed by atoms with Gasteiger partial charge in [-0.2, -0.15) is 0 Å². The summed E-state index contributed by atoms with van der Waals surface area (Å²) in [6, 6.07) is 15.3. The standard InChI is InChI=1S/C23H23N3O4S2/c1-22(2)18(19(27)31-14-16-7-5-4-6-8-16)25-20(28)23(3,21(25)32-22)24-13-15-9-11-17(12-10-15)26(29)30/h4-13,18,21H,14H2,1-3H3/b24-13+/t18-,21+,23?/m0/s1. The lowest BCUT2D eigenvalue weighted by Crippen LogP contribution is -2.71. The molecule has 2 fully saturated rings. The van der Waals surface area contributed by atoms with Crippen molar-refractivity contribution in [2.75, 3.05) is 0 Å². The Morgan fingerprint density at radius 2 is 1.84 bits per heavy atom. The summed E-state index contributed by atoms with van der Waals surface area (Å²) in [5.41, 5.74) is 0.777. The van der Waals surface area contributed by atoms with Crippen LogP contribution >= 0.6 is 23.5 Å². The molecule has 32 heavy (non-hydrogen) atoms. The summed E-state index contributed by atoms with van der Waals surface area (Å²) in [5, 5.41) is 10.6. The molecule has 2 saturated heterocycles. The summed E-state index contributed by atoms with van der Waals surface area (Å²) < 4.78 is -0.429. The van der Waals surface area contributed by atoms with Crippen molar-refractivity contribution in [1.82, 2.24) is 4.90 Å². The van der Waals surface area contributed by atoms with Gasteiger partial charge in [0, 0.05) is 28.8 Å². The molecule has 0 radical (unpaired) electrons. The first kappa shape index (κ1) is 22.5. The molecule has 4 rings (SSSR count). The maximum absolute atomic E-state index is 13.2. The zero-order valence-corrected chi connectivity index (χ0v) is 19.6. The summed E-state index contributed by atoms with van der Waals surface area (Å²) >= 11 is 2.84. The molecule has 0 bridgehead atoms. The Hall–Kier alpha value is -2.65. The topological polar surface area (TPSA) is 92.9 Å². The highest BCUT2D eigenvalue weighted by molar-refractivity contribution is 8.13. The van der Waals surface area contributed by atoms with E-state index in [2.05, 4.69) is 4.99 Å². The van der Waals surface area contributed by atoms with E-state index >= 15 is 0 Å². The third-order valence-corrected chi connectivity index (χ3v) is 8.51. The second-order valence-electron chi connectivity index (χ2n) is 8.54. The van der Waals surface area contributed by atoms with Crippen molar-refractivity contribution in [2.45, 2.75) is 48.2 Å². The summed E-state index contributed by atoms with van der Waals surface area (Å²) in [6.45, 7) is 5.77. The SMILES string of the molecule is CC1(C)S[C@H]2N(C(=O)C2(C)/N=C/c2ccc([N+](=O)[O-])cc2)[C@H]1C(=O)SCc1ccccc1. The number of carbonyl (C=O) groups excluding carboxylic acids is 2. The van der Waals surface area contributed by atoms with E-state index in [0.29, 0.717) is 11.3 Å². The van der Waals surface area contributed by atoms with E-state index in [1.807, 2.05) is 44.2 Å². The number of nitro benzene ring substituents is 1. The van der Waals surface area contributed by atoms with Crippen molar-refractivity contribution in [1.29, 1.82) is 0 Å². The predicted molar refractivity (Wildman–Crippen MR) is 128 cm³/mol. The molecule has 2 aromatic carbocycles. The zero-order chi connectivity index (χ0) is 23.1. The minimum atomic E-state index is -0.969. The summed E-state index contributed by atoms with van der Waals surface area (Å²) in [4.78, 5) is 42.9. The van der Waals surface area contributed by atoms with E-state index in [-0.39, 0.29) is 22.1 Å². The molecule has 0 spiro atoms. The number of non-ortho nitro benzene ring substituents is 1. The third-order valence-electron chi connectivity index (χ3n) is 5.79. The van der Waals surface area contributed by atoms with Crippen LogP contribution in [0.5, 0.6) is 0 Å². The van der Waals surface area contributed by atoms with E-state index in [1.54, 1.807) is 41.9 Å². The lowest BCUT2D eigenvalue weighted by Gasteiger charge is -2.49. The Morgan fingerprint density at radius 3 is 2.47 bits per heavy atom. The molecule has 0 N–H and O–H groups in total. The number of amides is 1. The van der Waals surface area contributed by atoms with Crippen LogP contribution in [0.2, 0.25) is 0 Å². The van der Waals surface area contributed by atoms with E-state index in [0.717, 1.165) is 5.56 Å². The van der Waals surface area contributed by atoms with E-state index in [1.165, 1.54) is 23.9 Å². The maximum atomic E-state index is 13.2. The molecule has 0 aromatic heterocycles. The van der Waals surface area contributed by atoms with Gasteiger partial charge in [0.2, 0.25) is 5.12 Å². The van der Waals surface area contributed by atoms with Gasteiger partial charge in [0.05, 0.1) is 4.92 Å². The first-order valence-corrected chi connectivity index (χ1v) is 12.0. The highest BCUT2D eigenvalue weighted by atomic mass is 32.2. The summed E-state index contributed by atoms with van der Waals surface area (Å²) in [5.74, 6) is 0.400. The molecule has 3 atom stereocenters. The number of aliphatic imine (C=N–C) groups is 1. The number of benzene rings is 2. The number of nitro groups is 1. The lowest BCUT2D eigenvalue weighted by molar-refractivity contribution is -0.384. The van der Waals surface area contributed by atoms with Crippen LogP contribution in [0, 0.1) is 10.1 Å². The largest absolute Gasteiger partial charge is 0.313 e. The van der Waals surface area contributed by atoms with Crippen molar-refractivity contribution >= 4 is 46.4 Å². The lowest BCUT2D eigenvalue weighted by atomic mass is 9.87. The Balaban J connectivity index is 1.48. The fraction of sp³-hybridized carbons (Fsp3) is 0.348. The maximum Gasteiger partial charge on any atom is 0.269 e. The minimum Gasteiger partial charge on any atom is -0.313 e. The van der Waals surface area contributed by atoms with Crippen LogP contribution in [0.15, 0.2) is 59.6 Å². The molecule has 1 amide bonds. The predicted octanol–water partition coefficient (Wildman–Crippen LogP) is 4.29. The van der Waals surface area contributed by atoms with Gasteiger partial charge in [-0.05, 0) is 44.0 Å². The van der Waals surface area contributed by atoms with Gasteiger partial charge in [0.25, 0.3) is 11.6 Å². The smallest absolute Gasteiger partial charge is 0.269 e. The second-order valence-corrected chi connectivity index (χ2v) is 11.3. The van der Waals surface area contributed by atoms with Crippen molar-refractivity contribution in [2.24, 2.45) is 4.99 Å². The molecule has 7 nitrogen and oxygen atoms in total. The first-order valence-electron chi connectivity index (χ1n) is 10.1. The first-order chi connectivity index (χ1) is 15.1. The van der Waals surface area contributed by atoms with Gasteiger partial charge in [-0.15, -0.1) is 11.8 Å². The quantitative estimate of drug-likeness (QED) is 0.271. The molecule has 1 unspecified atom stereocenters. The zero-order valence-electron chi connectivity index (χ0n) is 17.9. The molecule has 0 saturated carbocycles. The summed E-state index contributed by atoms with van der Waals surface area (Å²) in [7, 11) is 0. The molecular weight excluding hydrogens is 446 g/mol. The number of hydrogen-bond donors (Lipinski definition) is 0. The fourth-order valence-corrected chi connectivity index (χ4v) is 6.79. The fourth-order valence-electron chi connectivity index (χ4n) is 4.00. The third kappa shape index (κ3) is 3.95. The Labute approximate surface area is 194 Å². The summed E-state index contributed by atoms with van der Waals surface area (Å²) in [6.07, 6.45) is 1.58. The Kier molecular flexibility index (Phi) is 5.89. The van der Waals surface area contributed by atoms with E-state index < -0.39 is 21.3 Å². The number of hydrogen-bond acceptors (Lipinski definition) is 7. The van der Waals surface area contributed by atoms with Crippen LogP contribution in [0.1, 0.15) is 31.9 Å². The van der Waals surface area contributed by atoms with Crippen LogP contribution in [0.4, 0.5) is 5.69 Å². The van der Waals surface area contributed by atoms with E-state index in [9.17, 15) is 19.7 Å². The van der Waals surface area contributed by atoms with Gasteiger partial charge in [0.15, 0.2) is 5.54 Å². The van der Waals surface area contributed by atoms with E-state index in [4.69, 9.17) is 0 Å². The Morgan fingerprint density at radius 1 is 1.19 bits per heavy atom. The number of thioether (sulfide) groups is 2. The average Bonchev–Trinajstić information content (AvgIpc) is 3.06. The van der Waals surface area contributed by atoms with Crippen LogP contribution in [0.3, 0.4) is 0 Å². The average molecular weight is 470 g/mol. The molecule has 2 aromatic rings. The van der Waals surface area contributed by atoms with Crippen molar-refractivity contribution < 1.29 is 14.5 Å². The normalized spacial score (nSPS) is 26.1. The molecule has 2 aliphatic heterocycles. The van der Waals surface area contributed by atoms with Gasteiger partial charge in [-0.3, -0.25) is 24.7 Å². The second kappa shape index (κ2) is 8.37. The van der Waals surface area contributed by atoms with Crippen LogP contribution < -0.4 is 0 Å². The van der Waals surface area contributed by atoms with Gasteiger partial charge in [0.1, 0.15) is 11.4 Å². The highest BCUT2D eigenvalue weighted by Gasteiger charge is 2.69. The van der Waals surface area contributed by atoms with Gasteiger partial charge >= 0.3 is 0 Å². The van der Waals surface area contributed by atoms with Crippen LogP contribution in [-0.4, -0.2) is 48.8 Å². The van der Waals surface area contributed by atoms with Crippen molar-refractivity contribution in [3.63, 3.8) is 0 Å². The molecule has 2 heterocycles. The van der Waals surface area contributed by atoms with Gasteiger partial charge in [-0.25, -0.2) is 0 Å².